The van der Waals surface area contributed by atoms with Crippen LogP contribution in [0.2, 0.25) is 0 Å². The first-order valence-electron chi connectivity index (χ1n) is 4.85. The molecular formula is C12H14O2. The van der Waals surface area contributed by atoms with Gasteiger partial charge in [0, 0.05) is 18.4 Å². The van der Waals surface area contributed by atoms with Gasteiger partial charge in [-0.2, -0.15) is 0 Å². The van der Waals surface area contributed by atoms with E-state index in [0.717, 1.165) is 37.5 Å². The summed E-state index contributed by atoms with van der Waals surface area (Å²) in [6, 6.07) is 9.10. The van der Waals surface area contributed by atoms with Crippen LogP contribution in [0.1, 0.15) is 36.0 Å². The molecule has 1 aromatic carbocycles. The lowest BCUT2D eigenvalue weighted by Crippen LogP contribution is -1.81. The molecule has 74 valence electrons. The van der Waals surface area contributed by atoms with Crippen LogP contribution in [-0.4, -0.2) is 12.1 Å². The van der Waals surface area contributed by atoms with Gasteiger partial charge in [-0.3, -0.25) is 9.59 Å². The number of hydrogen-bond acceptors (Lipinski definition) is 2. The maximum Gasteiger partial charge on any atom is 0.150 e. The molecule has 2 rings (SSSR count). The first kappa shape index (κ1) is 10.6. The third-order valence-electron chi connectivity index (χ3n) is 2.10. The van der Waals surface area contributed by atoms with Gasteiger partial charge in [-0.05, 0) is 12.8 Å². The third kappa shape index (κ3) is 3.99. The number of ketones is 1. The van der Waals surface area contributed by atoms with Gasteiger partial charge in [0.2, 0.25) is 0 Å². The lowest BCUT2D eigenvalue weighted by Gasteiger charge is -1.81. The van der Waals surface area contributed by atoms with Gasteiger partial charge >= 0.3 is 0 Å². The topological polar surface area (TPSA) is 34.1 Å². The van der Waals surface area contributed by atoms with Crippen LogP contribution in [-0.2, 0) is 4.79 Å². The van der Waals surface area contributed by atoms with E-state index in [2.05, 4.69) is 0 Å². The molecule has 0 amide bonds. The van der Waals surface area contributed by atoms with Crippen LogP contribution in [0.25, 0.3) is 0 Å². The van der Waals surface area contributed by atoms with Crippen molar-refractivity contribution < 1.29 is 9.59 Å². The van der Waals surface area contributed by atoms with Gasteiger partial charge in [0.1, 0.15) is 12.1 Å². The first-order valence-corrected chi connectivity index (χ1v) is 4.85. The molecule has 0 saturated heterocycles. The van der Waals surface area contributed by atoms with E-state index in [0.29, 0.717) is 5.78 Å². The Kier molecular flexibility index (Phi) is 4.62. The quantitative estimate of drug-likeness (QED) is 0.638. The van der Waals surface area contributed by atoms with Crippen LogP contribution >= 0.6 is 0 Å². The Morgan fingerprint density at radius 1 is 1.00 bits per heavy atom. The Hall–Kier alpha value is -1.44. The van der Waals surface area contributed by atoms with Gasteiger partial charge in [-0.1, -0.05) is 30.3 Å². The second-order valence-corrected chi connectivity index (χ2v) is 3.27. The van der Waals surface area contributed by atoms with Gasteiger partial charge < -0.3 is 0 Å². The van der Waals surface area contributed by atoms with Crippen molar-refractivity contribution in [2.75, 3.05) is 0 Å². The summed E-state index contributed by atoms with van der Waals surface area (Å²) < 4.78 is 0. The van der Waals surface area contributed by atoms with Crippen LogP contribution in [0.15, 0.2) is 30.3 Å². The molecule has 1 aromatic rings. The molecule has 1 saturated carbocycles. The smallest absolute Gasteiger partial charge is 0.150 e. The van der Waals surface area contributed by atoms with Gasteiger partial charge in [-0.25, -0.2) is 0 Å². The van der Waals surface area contributed by atoms with Crippen molar-refractivity contribution in [3.63, 3.8) is 0 Å². The number of rotatable bonds is 1. The largest absolute Gasteiger partial charge is 0.300 e. The summed E-state index contributed by atoms with van der Waals surface area (Å²) in [6.07, 6.45) is 4.80. The van der Waals surface area contributed by atoms with Crippen LogP contribution in [0.4, 0.5) is 0 Å². The third-order valence-corrected chi connectivity index (χ3v) is 2.10. The van der Waals surface area contributed by atoms with Crippen molar-refractivity contribution in [2.45, 2.75) is 25.7 Å². The fourth-order valence-electron chi connectivity index (χ4n) is 1.30. The van der Waals surface area contributed by atoms with E-state index in [1.54, 1.807) is 12.1 Å². The average Bonchev–Trinajstić information content (AvgIpc) is 2.71. The van der Waals surface area contributed by atoms with Gasteiger partial charge in [0.05, 0.1) is 0 Å². The van der Waals surface area contributed by atoms with Crippen LogP contribution < -0.4 is 0 Å². The highest BCUT2D eigenvalue weighted by Gasteiger charge is 2.07. The molecule has 0 unspecified atom stereocenters. The molecule has 0 N–H and O–H groups in total. The SMILES string of the molecule is O=C1CCCC1.O=Cc1ccccc1. The lowest BCUT2D eigenvalue weighted by atomic mass is 10.2. The monoisotopic (exact) mass is 190 g/mol. The molecule has 1 fully saturated rings. The molecule has 2 heteroatoms. The number of carbonyl (C=O) groups excluding carboxylic acids is 2. The second-order valence-electron chi connectivity index (χ2n) is 3.27. The summed E-state index contributed by atoms with van der Waals surface area (Å²) in [7, 11) is 0. The Balaban J connectivity index is 0.000000146. The summed E-state index contributed by atoms with van der Waals surface area (Å²) in [4.78, 5) is 20.2. The summed E-state index contributed by atoms with van der Waals surface area (Å²) >= 11 is 0. The minimum absolute atomic E-state index is 0.454. The Morgan fingerprint density at radius 2 is 1.57 bits per heavy atom. The maximum atomic E-state index is 10.2. The van der Waals surface area contributed by atoms with Crippen molar-refractivity contribution in [2.24, 2.45) is 0 Å². The maximum absolute atomic E-state index is 10.2. The van der Waals surface area contributed by atoms with E-state index in [1.165, 1.54) is 0 Å². The average molecular weight is 190 g/mol. The fraction of sp³-hybridized carbons (Fsp3) is 0.333. The normalized spacial score (nSPS) is 14.4. The van der Waals surface area contributed by atoms with Crippen LogP contribution in [0.5, 0.6) is 0 Å². The molecular weight excluding hydrogens is 176 g/mol. The van der Waals surface area contributed by atoms with E-state index < -0.39 is 0 Å². The number of Topliss-reactive ketones (excluding diaryl/α,β-unsaturated/α-hetero) is 1. The standard InChI is InChI=1S/C7H6O.C5H8O/c8-6-7-4-2-1-3-5-7;6-5-3-1-2-4-5/h1-6H;1-4H2. The number of aldehydes is 1. The Bertz CT molecular complexity index is 282. The molecule has 0 aromatic heterocycles. The highest BCUT2D eigenvalue weighted by atomic mass is 16.1. The van der Waals surface area contributed by atoms with E-state index in [9.17, 15) is 9.59 Å². The molecule has 0 atom stereocenters. The molecule has 0 heterocycles. The fourth-order valence-corrected chi connectivity index (χ4v) is 1.30. The number of carbonyl (C=O) groups is 2. The second kappa shape index (κ2) is 6.08. The van der Waals surface area contributed by atoms with Crippen molar-refractivity contribution >= 4 is 12.1 Å². The molecule has 0 spiro atoms. The molecule has 1 aliphatic carbocycles. The van der Waals surface area contributed by atoms with Gasteiger partial charge in [0.15, 0.2) is 0 Å². The van der Waals surface area contributed by atoms with Crippen LogP contribution in [0.3, 0.4) is 0 Å². The number of benzene rings is 1. The van der Waals surface area contributed by atoms with Crippen molar-refractivity contribution in [1.82, 2.24) is 0 Å². The van der Waals surface area contributed by atoms with Gasteiger partial charge in [0.25, 0.3) is 0 Å². The molecule has 0 radical (unpaired) electrons. The van der Waals surface area contributed by atoms with Crippen molar-refractivity contribution in [1.29, 1.82) is 0 Å². The van der Waals surface area contributed by atoms with E-state index >= 15 is 0 Å². The predicted molar refractivity (Wildman–Crippen MR) is 55.3 cm³/mol. The lowest BCUT2D eigenvalue weighted by molar-refractivity contribution is -0.117. The summed E-state index contributed by atoms with van der Waals surface area (Å²) in [5.41, 5.74) is 0.729. The minimum Gasteiger partial charge on any atom is -0.300 e. The zero-order valence-electron chi connectivity index (χ0n) is 8.11. The predicted octanol–water partition coefficient (Wildman–Crippen LogP) is 2.63. The molecule has 0 aliphatic heterocycles. The molecule has 1 aliphatic rings. The van der Waals surface area contributed by atoms with E-state index in [4.69, 9.17) is 0 Å². The van der Waals surface area contributed by atoms with E-state index in [1.807, 2.05) is 18.2 Å². The Morgan fingerprint density at radius 3 is 1.86 bits per heavy atom. The molecule has 2 nitrogen and oxygen atoms in total. The zero-order chi connectivity index (χ0) is 10.2. The molecule has 0 bridgehead atoms. The van der Waals surface area contributed by atoms with Gasteiger partial charge in [-0.15, -0.1) is 0 Å². The molecule has 14 heavy (non-hydrogen) atoms. The summed E-state index contributed by atoms with van der Waals surface area (Å²) in [6.45, 7) is 0. The first-order chi connectivity index (χ1) is 6.83. The van der Waals surface area contributed by atoms with E-state index in [-0.39, 0.29) is 0 Å². The van der Waals surface area contributed by atoms with Crippen LogP contribution in [0, 0.1) is 0 Å². The van der Waals surface area contributed by atoms with Crippen molar-refractivity contribution in [3.05, 3.63) is 35.9 Å². The minimum atomic E-state index is 0.454. The highest BCUT2D eigenvalue weighted by Crippen LogP contribution is 2.11. The summed E-state index contributed by atoms with van der Waals surface area (Å²) in [5, 5.41) is 0. The highest BCUT2D eigenvalue weighted by molar-refractivity contribution is 5.80. The number of hydrogen-bond donors (Lipinski definition) is 0. The zero-order valence-corrected chi connectivity index (χ0v) is 8.11. The summed E-state index contributed by atoms with van der Waals surface area (Å²) in [5.74, 6) is 0.454. The van der Waals surface area contributed by atoms with Crippen molar-refractivity contribution in [3.8, 4) is 0 Å². The Labute approximate surface area is 83.9 Å².